The van der Waals surface area contributed by atoms with Crippen molar-refractivity contribution in [1.29, 1.82) is 0 Å². The molecule has 0 bridgehead atoms. The molecule has 0 amide bonds. The van der Waals surface area contributed by atoms with E-state index in [2.05, 4.69) is 15.0 Å². The Morgan fingerprint density at radius 1 is 1.29 bits per heavy atom. The minimum Gasteiger partial charge on any atom is -0.399 e. The van der Waals surface area contributed by atoms with Crippen molar-refractivity contribution >= 4 is 15.7 Å². The minimum absolute atomic E-state index is 0.00541. The molecule has 0 unspecified atom stereocenters. The summed E-state index contributed by atoms with van der Waals surface area (Å²) in [6.45, 7) is 0.431. The Kier molecular flexibility index (Phi) is 4.48. The van der Waals surface area contributed by atoms with E-state index in [1.807, 2.05) is 0 Å². The zero-order chi connectivity index (χ0) is 15.5. The van der Waals surface area contributed by atoms with Gasteiger partial charge in [-0.05, 0) is 18.6 Å². The predicted octanol–water partition coefficient (Wildman–Crippen LogP) is 0.507. The zero-order valence-corrected chi connectivity index (χ0v) is 11.6. The summed E-state index contributed by atoms with van der Waals surface area (Å²) in [4.78, 5) is -1.03. The Hall–Kier alpha value is -2.07. The van der Waals surface area contributed by atoms with Crippen LogP contribution in [0.2, 0.25) is 0 Å². The van der Waals surface area contributed by atoms with E-state index < -0.39 is 26.6 Å². The Morgan fingerprint density at radius 2 is 1.95 bits per heavy atom. The largest absolute Gasteiger partial charge is 0.399 e. The molecule has 114 valence electrons. The normalized spacial score (nSPS) is 11.7. The average molecular weight is 317 g/mol. The third-order valence-corrected chi connectivity index (χ3v) is 4.13. The molecule has 2 rings (SSSR count). The molecule has 1 aromatic carbocycles. The van der Waals surface area contributed by atoms with Gasteiger partial charge >= 0.3 is 0 Å². The second-order valence-corrected chi connectivity index (χ2v) is 5.93. The lowest BCUT2D eigenvalue weighted by molar-refractivity contribution is 0.509. The molecule has 0 saturated heterocycles. The van der Waals surface area contributed by atoms with Gasteiger partial charge in [0.05, 0.1) is 6.20 Å². The summed E-state index contributed by atoms with van der Waals surface area (Å²) < 4.78 is 54.6. The number of nitrogen functional groups attached to an aromatic ring is 1. The van der Waals surface area contributed by atoms with E-state index >= 15 is 0 Å². The predicted molar refractivity (Wildman–Crippen MR) is 70.6 cm³/mol. The topological polar surface area (TPSA) is 103 Å². The van der Waals surface area contributed by atoms with Gasteiger partial charge in [0.15, 0.2) is 4.90 Å². The number of nitrogens with zero attached hydrogens (tertiary/aromatic N) is 3. The first-order valence-electron chi connectivity index (χ1n) is 5.98. The summed E-state index contributed by atoms with van der Waals surface area (Å²) in [5.41, 5.74) is 5.05. The third-order valence-electron chi connectivity index (χ3n) is 2.62. The molecule has 3 N–H and O–H groups in total. The molecule has 1 aromatic heterocycles. The van der Waals surface area contributed by atoms with Crippen LogP contribution in [0, 0.1) is 11.6 Å². The number of nitrogens with two attached hydrogens (primary N) is 1. The maximum atomic E-state index is 13.6. The number of aryl methyl sites for hydroxylation is 1. The number of nitrogens with one attached hydrogen (secondary N) is 1. The van der Waals surface area contributed by atoms with Crippen LogP contribution in [-0.2, 0) is 16.6 Å². The van der Waals surface area contributed by atoms with Gasteiger partial charge in [0.2, 0.25) is 10.0 Å². The molecular weight excluding hydrogens is 304 g/mol. The Bertz CT molecular complexity index is 695. The van der Waals surface area contributed by atoms with E-state index in [-0.39, 0.29) is 12.2 Å². The molecule has 0 saturated carbocycles. The fourth-order valence-corrected chi connectivity index (χ4v) is 2.90. The molecule has 0 fully saturated rings. The molecule has 0 spiro atoms. The first-order valence-corrected chi connectivity index (χ1v) is 7.47. The van der Waals surface area contributed by atoms with Crippen molar-refractivity contribution in [2.75, 3.05) is 12.3 Å². The fourth-order valence-electron chi connectivity index (χ4n) is 1.71. The second-order valence-electron chi connectivity index (χ2n) is 4.23. The summed E-state index contributed by atoms with van der Waals surface area (Å²) in [7, 11) is -4.28. The van der Waals surface area contributed by atoms with E-state index in [1.54, 1.807) is 6.20 Å². The number of sulfonamides is 1. The summed E-state index contributed by atoms with van der Waals surface area (Å²) in [5.74, 6) is -2.45. The number of halogens is 2. The SMILES string of the molecule is Nc1cc(F)c(S(=O)(=O)NCCCn2ccnn2)c(F)c1. The molecule has 0 aliphatic heterocycles. The zero-order valence-electron chi connectivity index (χ0n) is 10.8. The van der Waals surface area contributed by atoms with E-state index in [4.69, 9.17) is 5.73 Å². The van der Waals surface area contributed by atoms with Crippen LogP contribution in [0.3, 0.4) is 0 Å². The highest BCUT2D eigenvalue weighted by molar-refractivity contribution is 7.89. The molecule has 21 heavy (non-hydrogen) atoms. The Balaban J connectivity index is 2.02. The molecule has 0 aliphatic rings. The van der Waals surface area contributed by atoms with Crippen molar-refractivity contribution in [2.24, 2.45) is 0 Å². The van der Waals surface area contributed by atoms with Crippen LogP contribution in [0.5, 0.6) is 0 Å². The average Bonchev–Trinajstić information content (AvgIpc) is 2.86. The van der Waals surface area contributed by atoms with Gasteiger partial charge in [0.25, 0.3) is 0 Å². The third kappa shape index (κ3) is 3.73. The van der Waals surface area contributed by atoms with Crippen LogP contribution in [-0.4, -0.2) is 30.0 Å². The lowest BCUT2D eigenvalue weighted by Crippen LogP contribution is -2.27. The summed E-state index contributed by atoms with van der Waals surface area (Å²) >= 11 is 0. The number of aromatic nitrogens is 3. The molecular formula is C11H13F2N5O2S. The van der Waals surface area contributed by atoms with Crippen LogP contribution in [0.1, 0.15) is 6.42 Å². The molecule has 1 heterocycles. The number of hydrogen-bond donors (Lipinski definition) is 2. The van der Waals surface area contributed by atoms with Crippen molar-refractivity contribution in [1.82, 2.24) is 19.7 Å². The van der Waals surface area contributed by atoms with Crippen LogP contribution in [0.25, 0.3) is 0 Å². The summed E-state index contributed by atoms with van der Waals surface area (Å²) in [6.07, 6.45) is 3.50. The van der Waals surface area contributed by atoms with Crippen molar-refractivity contribution in [3.05, 3.63) is 36.2 Å². The fraction of sp³-hybridized carbons (Fsp3) is 0.273. The van der Waals surface area contributed by atoms with Crippen LogP contribution < -0.4 is 10.5 Å². The second kappa shape index (κ2) is 6.14. The van der Waals surface area contributed by atoms with Gasteiger partial charge in [-0.2, -0.15) is 0 Å². The van der Waals surface area contributed by atoms with E-state index in [9.17, 15) is 17.2 Å². The van der Waals surface area contributed by atoms with Gasteiger partial charge in [0.1, 0.15) is 11.6 Å². The Labute approximate surface area is 119 Å². The van der Waals surface area contributed by atoms with Gasteiger partial charge in [-0.3, -0.25) is 4.68 Å². The number of benzene rings is 1. The van der Waals surface area contributed by atoms with E-state index in [1.165, 1.54) is 10.9 Å². The van der Waals surface area contributed by atoms with Crippen LogP contribution in [0.4, 0.5) is 14.5 Å². The lowest BCUT2D eigenvalue weighted by atomic mass is 10.3. The van der Waals surface area contributed by atoms with Gasteiger partial charge in [-0.25, -0.2) is 21.9 Å². The lowest BCUT2D eigenvalue weighted by Gasteiger charge is -2.09. The van der Waals surface area contributed by atoms with Crippen molar-refractivity contribution < 1.29 is 17.2 Å². The first kappa shape index (κ1) is 15.3. The van der Waals surface area contributed by atoms with Crippen molar-refractivity contribution in [3.8, 4) is 0 Å². The Morgan fingerprint density at radius 3 is 2.52 bits per heavy atom. The van der Waals surface area contributed by atoms with Gasteiger partial charge < -0.3 is 5.73 Å². The van der Waals surface area contributed by atoms with Gasteiger partial charge in [-0.15, -0.1) is 5.10 Å². The smallest absolute Gasteiger partial charge is 0.246 e. The van der Waals surface area contributed by atoms with Gasteiger partial charge in [0, 0.05) is 25.0 Å². The summed E-state index contributed by atoms with van der Waals surface area (Å²) in [6, 6.07) is 1.51. The van der Waals surface area contributed by atoms with Crippen LogP contribution in [0.15, 0.2) is 29.4 Å². The molecule has 0 atom stereocenters. The monoisotopic (exact) mass is 317 g/mol. The molecule has 7 nitrogen and oxygen atoms in total. The first-order chi connectivity index (χ1) is 9.90. The molecule has 0 radical (unpaired) electrons. The van der Waals surface area contributed by atoms with Gasteiger partial charge in [-0.1, -0.05) is 5.21 Å². The summed E-state index contributed by atoms with van der Waals surface area (Å²) in [5, 5.41) is 7.29. The number of anilines is 1. The minimum atomic E-state index is -4.28. The van der Waals surface area contributed by atoms with Crippen molar-refractivity contribution in [3.63, 3.8) is 0 Å². The number of hydrogen-bond acceptors (Lipinski definition) is 5. The highest BCUT2D eigenvalue weighted by Crippen LogP contribution is 2.21. The molecule has 0 aliphatic carbocycles. The quantitative estimate of drug-likeness (QED) is 0.597. The maximum absolute atomic E-state index is 13.6. The number of rotatable bonds is 6. The van der Waals surface area contributed by atoms with Crippen molar-refractivity contribution in [2.45, 2.75) is 17.9 Å². The molecule has 2 aromatic rings. The highest BCUT2D eigenvalue weighted by atomic mass is 32.2. The molecule has 10 heteroatoms. The standard InChI is InChI=1S/C11H13F2N5O2S/c12-9-6-8(14)7-10(13)11(9)21(19,20)16-2-1-4-18-5-3-15-17-18/h3,5-7,16H,1-2,4,14H2. The highest BCUT2D eigenvalue weighted by Gasteiger charge is 2.24. The van der Waals surface area contributed by atoms with E-state index in [0.29, 0.717) is 13.0 Å². The maximum Gasteiger partial charge on any atom is 0.246 e. The van der Waals surface area contributed by atoms with Crippen LogP contribution >= 0.6 is 0 Å². The van der Waals surface area contributed by atoms with E-state index in [0.717, 1.165) is 12.1 Å².